The number of ether oxygens (including phenoxy) is 2. The van der Waals surface area contributed by atoms with Gasteiger partial charge in [0.15, 0.2) is 11.5 Å². The summed E-state index contributed by atoms with van der Waals surface area (Å²) >= 11 is 0. The van der Waals surface area contributed by atoms with Gasteiger partial charge >= 0.3 is 5.97 Å². The fourth-order valence-corrected chi connectivity index (χ4v) is 2.52. The summed E-state index contributed by atoms with van der Waals surface area (Å²) in [5.41, 5.74) is 3.58. The lowest BCUT2D eigenvalue weighted by atomic mass is 10.0. The van der Waals surface area contributed by atoms with E-state index < -0.39 is 11.6 Å². The summed E-state index contributed by atoms with van der Waals surface area (Å²) in [5, 5.41) is 9.12. The fraction of sp³-hybridized carbons (Fsp3) is 0.211. The number of aromatic carboxylic acids is 1. The Morgan fingerprint density at radius 1 is 1.23 bits per heavy atom. The van der Waals surface area contributed by atoms with E-state index in [1.165, 1.54) is 37.4 Å². The van der Waals surface area contributed by atoms with E-state index in [0.717, 1.165) is 5.56 Å². The van der Waals surface area contributed by atoms with E-state index in [9.17, 15) is 9.18 Å². The van der Waals surface area contributed by atoms with Crippen LogP contribution in [-0.4, -0.2) is 30.4 Å². The number of carboxylic acids is 1. The first-order valence-corrected chi connectivity index (χ1v) is 7.87. The lowest BCUT2D eigenvalue weighted by Gasteiger charge is -2.21. The van der Waals surface area contributed by atoms with Crippen LogP contribution in [0.3, 0.4) is 0 Å². The Morgan fingerprint density at radius 3 is 2.62 bits per heavy atom. The number of hydroxylamine groups is 1. The minimum absolute atomic E-state index is 0.0963. The smallest absolute Gasteiger partial charge is 0.335 e. The Morgan fingerprint density at radius 2 is 1.96 bits per heavy atom. The van der Waals surface area contributed by atoms with Gasteiger partial charge in [-0.05, 0) is 61.0 Å². The Balaban J connectivity index is 1.76. The second-order valence-corrected chi connectivity index (χ2v) is 6.04. The Kier molecular flexibility index (Phi) is 4.81. The zero-order valence-corrected chi connectivity index (χ0v) is 14.3. The summed E-state index contributed by atoms with van der Waals surface area (Å²) in [4.78, 5) is 16.7. The number of carboxylic acid groups (broad SMARTS) is 1. The molecule has 1 atom stereocenters. The molecule has 0 radical (unpaired) electrons. The number of carbonyl (C=O) groups is 1. The minimum atomic E-state index is -1.05. The number of benzene rings is 2. The lowest BCUT2D eigenvalue weighted by Crippen LogP contribution is -2.33. The minimum Gasteiger partial charge on any atom is -0.493 e. The number of rotatable bonds is 6. The third-order valence-electron chi connectivity index (χ3n) is 3.92. The maximum absolute atomic E-state index is 13.1. The van der Waals surface area contributed by atoms with Gasteiger partial charge in [-0.2, -0.15) is 0 Å². The molecule has 3 rings (SSSR count). The lowest BCUT2D eigenvalue weighted by molar-refractivity contribution is -0.0476. The zero-order valence-electron chi connectivity index (χ0n) is 14.3. The van der Waals surface area contributed by atoms with Gasteiger partial charge in [0, 0.05) is 0 Å². The van der Waals surface area contributed by atoms with Gasteiger partial charge in [-0.25, -0.2) is 9.18 Å². The van der Waals surface area contributed by atoms with Crippen LogP contribution in [0.25, 0.3) is 5.70 Å². The SMILES string of the molecule is COc1ccc(C(=O)O)cc1OCC1(C)C=C(c2ccc(F)cc2)NO1. The van der Waals surface area contributed by atoms with Gasteiger partial charge in [-0.3, -0.25) is 10.3 Å². The molecule has 2 aromatic rings. The van der Waals surface area contributed by atoms with Crippen molar-refractivity contribution in [3.05, 3.63) is 65.5 Å². The first-order valence-electron chi connectivity index (χ1n) is 7.87. The standard InChI is InChI=1S/C19H18FNO5/c1-19(10-15(21-26-19)12-3-6-14(20)7-4-12)11-25-17-9-13(18(22)23)5-8-16(17)24-2/h3-10,21H,11H2,1-2H3,(H,22,23). The molecule has 0 bridgehead atoms. The molecule has 2 N–H and O–H groups in total. The van der Waals surface area contributed by atoms with Crippen molar-refractivity contribution in [2.75, 3.05) is 13.7 Å². The summed E-state index contributed by atoms with van der Waals surface area (Å²) in [6.45, 7) is 1.92. The molecule has 1 unspecified atom stereocenters. The molecule has 26 heavy (non-hydrogen) atoms. The predicted octanol–water partition coefficient (Wildman–Crippen LogP) is 3.25. The van der Waals surface area contributed by atoms with Crippen molar-refractivity contribution in [1.82, 2.24) is 5.48 Å². The van der Waals surface area contributed by atoms with E-state index in [4.69, 9.17) is 19.4 Å². The molecular formula is C19H18FNO5. The molecule has 0 amide bonds. The summed E-state index contributed by atoms with van der Waals surface area (Å²) in [5.74, 6) is -0.640. The third-order valence-corrected chi connectivity index (χ3v) is 3.92. The molecule has 0 aliphatic carbocycles. The molecule has 0 saturated carbocycles. The van der Waals surface area contributed by atoms with Gasteiger partial charge in [-0.1, -0.05) is 0 Å². The number of methoxy groups -OCH3 is 1. The van der Waals surface area contributed by atoms with Crippen LogP contribution < -0.4 is 15.0 Å². The second-order valence-electron chi connectivity index (χ2n) is 6.04. The van der Waals surface area contributed by atoms with E-state index in [1.807, 2.05) is 13.0 Å². The second kappa shape index (κ2) is 7.05. The number of nitrogens with one attached hydrogen (secondary N) is 1. The van der Waals surface area contributed by atoms with Crippen LogP contribution in [-0.2, 0) is 4.84 Å². The van der Waals surface area contributed by atoms with Crippen LogP contribution in [0.4, 0.5) is 4.39 Å². The Bertz CT molecular complexity index is 850. The normalized spacial score (nSPS) is 18.8. The summed E-state index contributed by atoms with van der Waals surface area (Å²) in [7, 11) is 1.48. The third kappa shape index (κ3) is 3.78. The van der Waals surface area contributed by atoms with Crippen molar-refractivity contribution in [2.45, 2.75) is 12.5 Å². The van der Waals surface area contributed by atoms with Crippen molar-refractivity contribution in [3.63, 3.8) is 0 Å². The molecule has 2 aromatic carbocycles. The van der Waals surface area contributed by atoms with Crippen LogP contribution in [0.2, 0.25) is 0 Å². The van der Waals surface area contributed by atoms with Gasteiger partial charge in [-0.15, -0.1) is 0 Å². The molecule has 0 spiro atoms. The van der Waals surface area contributed by atoms with E-state index in [-0.39, 0.29) is 18.0 Å². The average Bonchev–Trinajstić information content (AvgIpc) is 3.03. The highest BCUT2D eigenvalue weighted by Gasteiger charge is 2.32. The quantitative estimate of drug-likeness (QED) is 0.825. The molecule has 1 aliphatic rings. The summed E-state index contributed by atoms with van der Waals surface area (Å²) < 4.78 is 24.0. The highest BCUT2D eigenvalue weighted by atomic mass is 19.1. The Hall–Kier alpha value is -3.06. The first-order chi connectivity index (χ1) is 12.4. The van der Waals surface area contributed by atoms with E-state index in [1.54, 1.807) is 12.1 Å². The zero-order chi connectivity index (χ0) is 18.7. The van der Waals surface area contributed by atoms with Gasteiger partial charge in [0.2, 0.25) is 0 Å². The van der Waals surface area contributed by atoms with Gasteiger partial charge < -0.3 is 14.6 Å². The molecule has 136 valence electrons. The molecule has 0 saturated heterocycles. The van der Waals surface area contributed by atoms with Crippen LogP contribution in [0, 0.1) is 5.82 Å². The maximum atomic E-state index is 13.1. The summed E-state index contributed by atoms with van der Waals surface area (Å²) in [6, 6.07) is 10.4. The predicted molar refractivity (Wildman–Crippen MR) is 92.5 cm³/mol. The number of hydrogen-bond acceptors (Lipinski definition) is 5. The van der Waals surface area contributed by atoms with Crippen molar-refractivity contribution in [1.29, 1.82) is 0 Å². The molecular weight excluding hydrogens is 341 g/mol. The Labute approximate surface area is 149 Å². The van der Waals surface area contributed by atoms with Crippen molar-refractivity contribution >= 4 is 11.7 Å². The van der Waals surface area contributed by atoms with Gasteiger partial charge in [0.25, 0.3) is 0 Å². The highest BCUT2D eigenvalue weighted by Crippen LogP contribution is 2.31. The molecule has 0 aromatic heterocycles. The van der Waals surface area contributed by atoms with Gasteiger partial charge in [0.05, 0.1) is 18.4 Å². The molecule has 1 heterocycles. The molecule has 1 aliphatic heterocycles. The van der Waals surface area contributed by atoms with Crippen LogP contribution in [0.5, 0.6) is 11.5 Å². The number of halogens is 1. The largest absolute Gasteiger partial charge is 0.493 e. The maximum Gasteiger partial charge on any atom is 0.335 e. The monoisotopic (exact) mass is 359 g/mol. The fourth-order valence-electron chi connectivity index (χ4n) is 2.52. The van der Waals surface area contributed by atoms with Crippen molar-refractivity contribution in [2.24, 2.45) is 0 Å². The summed E-state index contributed by atoms with van der Waals surface area (Å²) in [6.07, 6.45) is 1.83. The average molecular weight is 359 g/mol. The van der Waals surface area contributed by atoms with E-state index in [2.05, 4.69) is 5.48 Å². The van der Waals surface area contributed by atoms with Crippen LogP contribution >= 0.6 is 0 Å². The number of hydrogen-bond donors (Lipinski definition) is 2. The highest BCUT2D eigenvalue weighted by molar-refractivity contribution is 5.88. The first kappa shape index (κ1) is 17.8. The van der Waals surface area contributed by atoms with Crippen LogP contribution in [0.15, 0.2) is 48.5 Å². The molecule has 6 nitrogen and oxygen atoms in total. The van der Waals surface area contributed by atoms with E-state index >= 15 is 0 Å². The van der Waals surface area contributed by atoms with Crippen molar-refractivity contribution < 1.29 is 28.6 Å². The topological polar surface area (TPSA) is 77.0 Å². The van der Waals surface area contributed by atoms with Gasteiger partial charge in [0.1, 0.15) is 18.0 Å². The van der Waals surface area contributed by atoms with E-state index in [0.29, 0.717) is 17.2 Å². The van der Waals surface area contributed by atoms with Crippen molar-refractivity contribution in [3.8, 4) is 11.5 Å². The molecule has 7 heteroatoms. The van der Waals surface area contributed by atoms with Crippen LogP contribution in [0.1, 0.15) is 22.8 Å². The molecule has 0 fully saturated rings.